The number of hydrogen-bond donors (Lipinski definition) is 0. The lowest BCUT2D eigenvalue weighted by atomic mass is 9.95. The molecule has 172 valence electrons. The van der Waals surface area contributed by atoms with Crippen LogP contribution in [0.1, 0.15) is 0 Å². The van der Waals surface area contributed by atoms with E-state index in [1.54, 1.807) is 0 Å². The van der Waals surface area contributed by atoms with E-state index in [2.05, 4.69) is 125 Å². The van der Waals surface area contributed by atoms with Crippen LogP contribution in [0.3, 0.4) is 0 Å². The van der Waals surface area contributed by atoms with E-state index in [1.165, 1.54) is 65.9 Å². The zero-order valence-electron chi connectivity index (χ0n) is 20.1. The van der Waals surface area contributed by atoms with E-state index in [4.69, 9.17) is 0 Å². The molecule has 0 saturated carbocycles. The molecule has 0 N–H and O–H groups in total. The van der Waals surface area contributed by atoms with Gasteiger partial charge in [-0.25, -0.2) is 0 Å². The van der Waals surface area contributed by atoms with Gasteiger partial charge < -0.3 is 4.40 Å². The molecule has 0 aliphatic heterocycles. The molecule has 8 aromatic rings. The number of fused-ring (bicyclic) bond motifs is 6. The molecule has 37 heavy (non-hydrogen) atoms. The first-order valence-electron chi connectivity index (χ1n) is 12.6. The summed E-state index contributed by atoms with van der Waals surface area (Å²) in [7, 11) is 0. The monoisotopic (exact) mass is 470 g/mol. The zero-order valence-corrected chi connectivity index (χ0v) is 20.1. The summed E-state index contributed by atoms with van der Waals surface area (Å²) < 4.78 is 2.43. The van der Waals surface area contributed by atoms with E-state index in [0.717, 1.165) is 5.56 Å². The third-order valence-corrected chi connectivity index (χ3v) is 7.59. The van der Waals surface area contributed by atoms with Crippen molar-refractivity contribution in [3.63, 3.8) is 0 Å². The van der Waals surface area contributed by atoms with Crippen molar-refractivity contribution in [3.05, 3.63) is 134 Å². The second-order valence-electron chi connectivity index (χ2n) is 9.69. The number of hydrogen-bond acceptors (Lipinski definition) is 1. The highest BCUT2D eigenvalue weighted by atomic mass is 14.9. The summed E-state index contributed by atoms with van der Waals surface area (Å²) in [5.41, 5.74) is 11.0. The van der Waals surface area contributed by atoms with Crippen LogP contribution in [0, 0.1) is 0 Å². The number of rotatable bonds is 3. The molecule has 2 heteroatoms. The number of pyridine rings is 1. The molecule has 0 radical (unpaired) electrons. The fourth-order valence-electron chi connectivity index (χ4n) is 5.91. The lowest BCUT2D eigenvalue weighted by Crippen LogP contribution is -1.84. The Morgan fingerprint density at radius 2 is 0.919 bits per heavy atom. The molecule has 0 fully saturated rings. The van der Waals surface area contributed by atoms with Crippen LogP contribution in [0.15, 0.2) is 134 Å². The summed E-state index contributed by atoms with van der Waals surface area (Å²) in [5, 5.41) is 5.22. The number of nitrogens with zero attached hydrogens (tertiary/aromatic N) is 2. The Labute approximate surface area is 214 Å². The van der Waals surface area contributed by atoms with Crippen molar-refractivity contribution < 1.29 is 0 Å². The first-order valence-corrected chi connectivity index (χ1v) is 12.6. The highest BCUT2D eigenvalue weighted by Gasteiger charge is 2.18. The number of aromatic nitrogens is 2. The molecular weight excluding hydrogens is 448 g/mol. The first-order chi connectivity index (χ1) is 18.3. The maximum absolute atomic E-state index is 4.29. The van der Waals surface area contributed by atoms with Crippen LogP contribution in [0.4, 0.5) is 0 Å². The van der Waals surface area contributed by atoms with Crippen molar-refractivity contribution in [2.24, 2.45) is 0 Å². The lowest BCUT2D eigenvalue weighted by molar-refractivity contribution is 1.33. The van der Waals surface area contributed by atoms with Crippen molar-refractivity contribution in [1.82, 2.24) is 9.38 Å². The standard InChI is InChI=1S/C35H22N2/c1-3-15-33-29(13-1)31-20-28(21-32-30-14-2-4-16-34(30)37(33)35(31)32)26-11-6-9-24(19-26)23-8-5-10-25(18-23)27-12-7-17-36-22-27/h1-22H. The Bertz CT molecular complexity index is 2000. The molecular formula is C35H22N2. The fraction of sp³-hybridized carbons (Fsp3) is 0. The van der Waals surface area contributed by atoms with Gasteiger partial charge in [0.15, 0.2) is 0 Å². The Kier molecular flexibility index (Phi) is 4.26. The predicted molar refractivity (Wildman–Crippen MR) is 155 cm³/mol. The van der Waals surface area contributed by atoms with Crippen LogP contribution in [-0.4, -0.2) is 9.38 Å². The molecule has 0 bridgehead atoms. The summed E-state index contributed by atoms with van der Waals surface area (Å²) >= 11 is 0. The minimum Gasteiger partial charge on any atom is -0.308 e. The molecule has 0 atom stereocenters. The van der Waals surface area contributed by atoms with Crippen molar-refractivity contribution in [2.45, 2.75) is 0 Å². The third-order valence-electron chi connectivity index (χ3n) is 7.59. The van der Waals surface area contributed by atoms with Crippen molar-refractivity contribution >= 4 is 38.1 Å². The molecule has 3 aromatic heterocycles. The van der Waals surface area contributed by atoms with Crippen LogP contribution >= 0.6 is 0 Å². The molecule has 2 nitrogen and oxygen atoms in total. The van der Waals surface area contributed by atoms with Crippen LogP contribution in [0.5, 0.6) is 0 Å². The maximum atomic E-state index is 4.29. The van der Waals surface area contributed by atoms with Gasteiger partial charge in [-0.05, 0) is 70.3 Å². The predicted octanol–water partition coefficient (Wildman–Crippen LogP) is 9.23. The normalized spacial score (nSPS) is 11.8. The smallest absolute Gasteiger partial charge is 0.0620 e. The summed E-state index contributed by atoms with van der Waals surface area (Å²) in [6, 6.07) is 44.0. The fourth-order valence-corrected chi connectivity index (χ4v) is 5.91. The topological polar surface area (TPSA) is 17.3 Å². The lowest BCUT2D eigenvalue weighted by Gasteiger charge is -2.09. The largest absolute Gasteiger partial charge is 0.308 e. The van der Waals surface area contributed by atoms with Gasteiger partial charge in [-0.2, -0.15) is 0 Å². The third kappa shape index (κ3) is 3.03. The Morgan fingerprint density at radius 1 is 0.405 bits per heavy atom. The Hall–Kier alpha value is -4.95. The molecule has 0 unspecified atom stereocenters. The molecule has 3 heterocycles. The van der Waals surface area contributed by atoms with E-state index in [1.807, 2.05) is 18.5 Å². The van der Waals surface area contributed by atoms with Gasteiger partial charge >= 0.3 is 0 Å². The van der Waals surface area contributed by atoms with Gasteiger partial charge in [-0.15, -0.1) is 0 Å². The minimum absolute atomic E-state index is 1.13. The molecule has 0 aliphatic carbocycles. The van der Waals surface area contributed by atoms with E-state index < -0.39 is 0 Å². The molecule has 0 amide bonds. The van der Waals surface area contributed by atoms with Crippen molar-refractivity contribution in [2.75, 3.05) is 0 Å². The quantitative estimate of drug-likeness (QED) is 0.251. The average molecular weight is 471 g/mol. The van der Waals surface area contributed by atoms with Crippen LogP contribution in [-0.2, 0) is 0 Å². The average Bonchev–Trinajstić information content (AvgIpc) is 3.49. The highest BCUT2D eigenvalue weighted by molar-refractivity contribution is 6.24. The molecule has 0 aliphatic rings. The molecule has 5 aromatic carbocycles. The van der Waals surface area contributed by atoms with E-state index in [-0.39, 0.29) is 0 Å². The number of para-hydroxylation sites is 2. The summed E-state index contributed by atoms with van der Waals surface area (Å²) in [4.78, 5) is 4.29. The van der Waals surface area contributed by atoms with Crippen LogP contribution in [0.2, 0.25) is 0 Å². The summed E-state index contributed by atoms with van der Waals surface area (Å²) in [5.74, 6) is 0. The zero-order chi connectivity index (χ0) is 24.3. The van der Waals surface area contributed by atoms with Crippen molar-refractivity contribution in [1.29, 1.82) is 0 Å². The first kappa shape index (κ1) is 20.3. The Morgan fingerprint density at radius 3 is 1.49 bits per heavy atom. The van der Waals surface area contributed by atoms with Gasteiger partial charge in [0.2, 0.25) is 0 Å². The van der Waals surface area contributed by atoms with Gasteiger partial charge in [-0.3, -0.25) is 4.98 Å². The van der Waals surface area contributed by atoms with Crippen LogP contribution < -0.4 is 0 Å². The second kappa shape index (κ2) is 7.78. The van der Waals surface area contributed by atoms with E-state index in [9.17, 15) is 0 Å². The van der Waals surface area contributed by atoms with Gasteiger partial charge in [0.1, 0.15) is 0 Å². The molecule has 0 saturated heterocycles. The minimum atomic E-state index is 1.13. The second-order valence-corrected chi connectivity index (χ2v) is 9.69. The van der Waals surface area contributed by atoms with Crippen molar-refractivity contribution in [3.8, 4) is 33.4 Å². The van der Waals surface area contributed by atoms with E-state index >= 15 is 0 Å². The number of benzene rings is 5. The van der Waals surface area contributed by atoms with Gasteiger partial charge in [0.05, 0.1) is 16.6 Å². The summed E-state index contributed by atoms with van der Waals surface area (Å²) in [6.45, 7) is 0. The summed E-state index contributed by atoms with van der Waals surface area (Å²) in [6.07, 6.45) is 3.73. The SMILES string of the molecule is c1cncc(-c2cccc(-c3cccc(-c4cc5c6ccccc6n6c7ccccc7c(c4)c56)c3)c2)c1. The molecule has 0 spiro atoms. The highest BCUT2D eigenvalue weighted by Crippen LogP contribution is 2.42. The maximum Gasteiger partial charge on any atom is 0.0620 e. The molecule has 8 rings (SSSR count). The van der Waals surface area contributed by atoms with E-state index in [0.29, 0.717) is 0 Å². The van der Waals surface area contributed by atoms with Gasteiger partial charge in [0.25, 0.3) is 0 Å². The van der Waals surface area contributed by atoms with Gasteiger partial charge in [-0.1, -0.05) is 78.9 Å². The van der Waals surface area contributed by atoms with Gasteiger partial charge in [0, 0.05) is 39.5 Å². The Balaban J connectivity index is 1.34. The van der Waals surface area contributed by atoms with Crippen LogP contribution in [0.25, 0.3) is 71.5 Å².